The van der Waals surface area contributed by atoms with Crippen LogP contribution in [-0.2, 0) is 13.6 Å². The highest BCUT2D eigenvalue weighted by Crippen LogP contribution is 2.36. The summed E-state index contributed by atoms with van der Waals surface area (Å²) in [6.07, 6.45) is 8.40. The third-order valence-electron chi connectivity index (χ3n) is 6.34. The Hall–Kier alpha value is -2.54. The van der Waals surface area contributed by atoms with Crippen molar-refractivity contribution in [2.24, 2.45) is 7.05 Å². The SMILES string of the molecule is Cn1cnnc1CN1CCCC1c1nc2ccccc2c(=O)n1C1CCCC1. The Morgan fingerprint density at radius 1 is 1.11 bits per heavy atom. The number of benzene rings is 1. The van der Waals surface area contributed by atoms with Crippen LogP contribution in [0.1, 0.15) is 62.3 Å². The highest BCUT2D eigenvalue weighted by Gasteiger charge is 2.33. The number of hydrogen-bond donors (Lipinski definition) is 0. The van der Waals surface area contributed by atoms with Gasteiger partial charge in [0.1, 0.15) is 18.0 Å². The third-order valence-corrected chi connectivity index (χ3v) is 6.34. The van der Waals surface area contributed by atoms with Gasteiger partial charge in [-0.3, -0.25) is 14.3 Å². The Bertz CT molecular complexity index is 1050. The lowest BCUT2D eigenvalue weighted by atomic mass is 10.1. The molecular weight excluding hydrogens is 352 g/mol. The quantitative estimate of drug-likeness (QED) is 0.698. The number of aryl methyl sites for hydroxylation is 1. The lowest BCUT2D eigenvalue weighted by Gasteiger charge is -2.28. The first-order valence-corrected chi connectivity index (χ1v) is 10.3. The summed E-state index contributed by atoms with van der Waals surface area (Å²) in [5.74, 6) is 1.89. The van der Waals surface area contributed by atoms with E-state index in [1.807, 2.05) is 40.4 Å². The molecule has 5 rings (SSSR count). The van der Waals surface area contributed by atoms with Crippen LogP contribution in [0, 0.1) is 0 Å². The minimum atomic E-state index is 0.123. The van der Waals surface area contributed by atoms with E-state index in [2.05, 4.69) is 15.1 Å². The van der Waals surface area contributed by atoms with Gasteiger partial charge in [-0.15, -0.1) is 10.2 Å². The van der Waals surface area contributed by atoms with E-state index in [1.165, 1.54) is 12.8 Å². The highest BCUT2D eigenvalue weighted by molar-refractivity contribution is 5.77. The van der Waals surface area contributed by atoms with Crippen molar-refractivity contribution in [3.63, 3.8) is 0 Å². The molecular formula is C21H26N6O. The molecule has 2 aliphatic rings. The van der Waals surface area contributed by atoms with E-state index in [1.54, 1.807) is 6.33 Å². The topological polar surface area (TPSA) is 68.8 Å². The van der Waals surface area contributed by atoms with Crippen LogP contribution in [0.4, 0.5) is 0 Å². The van der Waals surface area contributed by atoms with Crippen LogP contribution in [0.15, 0.2) is 35.4 Å². The zero-order valence-corrected chi connectivity index (χ0v) is 16.3. The molecule has 7 nitrogen and oxygen atoms in total. The Morgan fingerprint density at radius 3 is 2.71 bits per heavy atom. The Morgan fingerprint density at radius 2 is 1.93 bits per heavy atom. The van der Waals surface area contributed by atoms with Crippen molar-refractivity contribution in [3.05, 3.63) is 52.6 Å². The molecule has 0 radical (unpaired) electrons. The van der Waals surface area contributed by atoms with E-state index in [0.29, 0.717) is 0 Å². The Labute approximate surface area is 164 Å². The van der Waals surface area contributed by atoms with Crippen LogP contribution >= 0.6 is 0 Å². The average Bonchev–Trinajstić information content (AvgIpc) is 3.45. The number of rotatable bonds is 4. The molecule has 2 aromatic heterocycles. The van der Waals surface area contributed by atoms with Crippen LogP contribution in [0.5, 0.6) is 0 Å². The van der Waals surface area contributed by atoms with E-state index in [9.17, 15) is 4.79 Å². The molecule has 1 unspecified atom stereocenters. The summed E-state index contributed by atoms with van der Waals surface area (Å²) in [5, 5.41) is 9.00. The van der Waals surface area contributed by atoms with Crippen LogP contribution in [0.3, 0.4) is 0 Å². The van der Waals surface area contributed by atoms with Gasteiger partial charge in [0, 0.05) is 13.1 Å². The summed E-state index contributed by atoms with van der Waals surface area (Å²) < 4.78 is 4.00. The fourth-order valence-electron chi connectivity index (χ4n) is 4.85. The van der Waals surface area contributed by atoms with Crippen molar-refractivity contribution in [2.45, 2.75) is 57.2 Å². The zero-order chi connectivity index (χ0) is 19.1. The number of fused-ring (bicyclic) bond motifs is 1. The number of aromatic nitrogens is 5. The highest BCUT2D eigenvalue weighted by atomic mass is 16.1. The van der Waals surface area contributed by atoms with Gasteiger partial charge in [-0.1, -0.05) is 25.0 Å². The van der Waals surface area contributed by atoms with Crippen molar-refractivity contribution in [1.82, 2.24) is 29.2 Å². The fraction of sp³-hybridized carbons (Fsp3) is 0.524. The molecule has 3 aromatic rings. The monoisotopic (exact) mass is 378 g/mol. The normalized spacial score (nSPS) is 21.1. The van der Waals surface area contributed by atoms with Gasteiger partial charge < -0.3 is 4.57 Å². The predicted molar refractivity (Wildman–Crippen MR) is 107 cm³/mol. The minimum absolute atomic E-state index is 0.123. The molecule has 1 aliphatic heterocycles. The summed E-state index contributed by atoms with van der Waals surface area (Å²) in [6, 6.07) is 8.18. The second kappa shape index (κ2) is 7.13. The number of nitrogens with zero attached hydrogens (tertiary/aromatic N) is 6. The molecule has 1 aromatic carbocycles. The lowest BCUT2D eigenvalue weighted by Crippen LogP contribution is -2.34. The second-order valence-corrected chi connectivity index (χ2v) is 8.09. The van der Waals surface area contributed by atoms with Gasteiger partial charge >= 0.3 is 0 Å². The summed E-state index contributed by atoms with van der Waals surface area (Å²) >= 11 is 0. The maximum absolute atomic E-state index is 13.4. The summed E-state index contributed by atoms with van der Waals surface area (Å²) in [7, 11) is 1.98. The molecule has 1 aliphatic carbocycles. The number of hydrogen-bond acceptors (Lipinski definition) is 5. The van der Waals surface area contributed by atoms with Crippen LogP contribution < -0.4 is 5.56 Å². The molecule has 2 fully saturated rings. The van der Waals surface area contributed by atoms with Gasteiger partial charge in [0.15, 0.2) is 0 Å². The van der Waals surface area contributed by atoms with Crippen molar-refractivity contribution < 1.29 is 0 Å². The number of likely N-dealkylation sites (tertiary alicyclic amines) is 1. The van der Waals surface area contributed by atoms with Gasteiger partial charge in [0.2, 0.25) is 0 Å². The molecule has 0 spiro atoms. The van der Waals surface area contributed by atoms with Crippen LogP contribution in [0.2, 0.25) is 0 Å². The molecule has 1 saturated heterocycles. The first-order valence-electron chi connectivity index (χ1n) is 10.3. The largest absolute Gasteiger partial charge is 0.320 e. The maximum atomic E-state index is 13.4. The molecule has 1 saturated carbocycles. The second-order valence-electron chi connectivity index (χ2n) is 8.09. The molecule has 28 heavy (non-hydrogen) atoms. The molecule has 0 amide bonds. The van der Waals surface area contributed by atoms with Gasteiger partial charge in [0.25, 0.3) is 5.56 Å². The first-order chi connectivity index (χ1) is 13.7. The van der Waals surface area contributed by atoms with Gasteiger partial charge in [0.05, 0.1) is 23.5 Å². The van der Waals surface area contributed by atoms with E-state index in [-0.39, 0.29) is 17.6 Å². The molecule has 3 heterocycles. The minimum Gasteiger partial charge on any atom is -0.320 e. The van der Waals surface area contributed by atoms with Crippen LogP contribution in [-0.4, -0.2) is 35.8 Å². The Balaban J connectivity index is 1.61. The molecule has 7 heteroatoms. The molecule has 0 N–H and O–H groups in total. The van der Waals surface area contributed by atoms with E-state index >= 15 is 0 Å². The zero-order valence-electron chi connectivity index (χ0n) is 16.3. The fourth-order valence-corrected chi connectivity index (χ4v) is 4.85. The van der Waals surface area contributed by atoms with Crippen molar-refractivity contribution in [2.75, 3.05) is 6.54 Å². The van der Waals surface area contributed by atoms with E-state index in [4.69, 9.17) is 4.98 Å². The maximum Gasteiger partial charge on any atom is 0.261 e. The predicted octanol–water partition coefficient (Wildman–Crippen LogP) is 2.98. The van der Waals surface area contributed by atoms with Gasteiger partial charge in [-0.2, -0.15) is 0 Å². The Kier molecular flexibility index (Phi) is 4.47. The van der Waals surface area contributed by atoms with Gasteiger partial charge in [-0.25, -0.2) is 4.98 Å². The third kappa shape index (κ3) is 2.94. The van der Waals surface area contributed by atoms with Crippen molar-refractivity contribution >= 4 is 10.9 Å². The summed E-state index contributed by atoms with van der Waals surface area (Å²) in [5.41, 5.74) is 0.931. The summed E-state index contributed by atoms with van der Waals surface area (Å²) in [6.45, 7) is 1.72. The average molecular weight is 378 g/mol. The molecule has 0 bridgehead atoms. The molecule has 1 atom stereocenters. The molecule has 146 valence electrons. The standard InChI is InChI=1S/C21H26N6O/c1-25-14-22-24-19(25)13-26-12-6-11-18(26)20-23-17-10-5-4-9-16(17)21(28)27(20)15-7-2-3-8-15/h4-5,9-10,14-15,18H,2-3,6-8,11-13H2,1H3. The van der Waals surface area contributed by atoms with Gasteiger partial charge in [-0.05, 0) is 44.4 Å². The lowest BCUT2D eigenvalue weighted by molar-refractivity contribution is 0.221. The van der Waals surface area contributed by atoms with Crippen molar-refractivity contribution in [1.29, 1.82) is 0 Å². The number of para-hydroxylation sites is 1. The smallest absolute Gasteiger partial charge is 0.261 e. The van der Waals surface area contributed by atoms with Crippen LogP contribution in [0.25, 0.3) is 10.9 Å². The first kappa shape index (κ1) is 17.6. The van der Waals surface area contributed by atoms with E-state index in [0.717, 1.165) is 61.3 Å². The summed E-state index contributed by atoms with van der Waals surface area (Å²) in [4.78, 5) is 20.9. The van der Waals surface area contributed by atoms with Crippen molar-refractivity contribution in [3.8, 4) is 0 Å². The van der Waals surface area contributed by atoms with E-state index < -0.39 is 0 Å².